The van der Waals surface area contributed by atoms with Crippen LogP contribution in [0, 0.1) is 0 Å². The van der Waals surface area contributed by atoms with Crippen molar-refractivity contribution in [3.8, 4) is 0 Å². The third-order valence-electron chi connectivity index (χ3n) is 3.63. The molecule has 2 unspecified atom stereocenters. The van der Waals surface area contributed by atoms with Gasteiger partial charge < -0.3 is 10.6 Å². The number of nitrogens with zero attached hydrogens (tertiary/aromatic N) is 1. The Morgan fingerprint density at radius 2 is 2.28 bits per heavy atom. The van der Waals surface area contributed by atoms with Gasteiger partial charge in [-0.3, -0.25) is 0 Å². The third-order valence-corrected chi connectivity index (χ3v) is 5.12. The van der Waals surface area contributed by atoms with Crippen molar-refractivity contribution in [3.05, 3.63) is 34.9 Å². The Hall–Kier alpha value is -0.220. The van der Waals surface area contributed by atoms with E-state index in [-0.39, 0.29) is 6.04 Å². The van der Waals surface area contributed by atoms with E-state index in [0.717, 1.165) is 29.6 Å². The largest absolute Gasteiger partial charge is 0.324 e. The first-order chi connectivity index (χ1) is 8.68. The highest BCUT2D eigenvalue weighted by atomic mass is 35.5. The van der Waals surface area contributed by atoms with Crippen LogP contribution in [0.3, 0.4) is 0 Å². The van der Waals surface area contributed by atoms with Crippen LogP contribution in [-0.2, 0) is 0 Å². The average molecular weight is 285 g/mol. The second-order valence-corrected chi connectivity index (χ2v) is 6.47. The Bertz CT molecular complexity index is 380. The topological polar surface area (TPSA) is 29.3 Å². The predicted octanol–water partition coefficient (Wildman–Crippen LogP) is 3.17. The quantitative estimate of drug-likeness (QED) is 0.901. The molecule has 1 aliphatic rings. The maximum Gasteiger partial charge on any atom is 0.0453 e. The second kappa shape index (κ2) is 6.80. The van der Waals surface area contributed by atoms with Crippen LogP contribution in [0.4, 0.5) is 0 Å². The van der Waals surface area contributed by atoms with E-state index < -0.39 is 0 Å². The Balaban J connectivity index is 1.84. The normalized spacial score (nSPS) is 21.4. The lowest BCUT2D eigenvalue weighted by Gasteiger charge is -2.25. The maximum atomic E-state index is 6.23. The Kier molecular flexibility index (Phi) is 5.37. The number of benzene rings is 1. The summed E-state index contributed by atoms with van der Waals surface area (Å²) in [5, 5.41) is 0.782. The van der Waals surface area contributed by atoms with Crippen molar-refractivity contribution in [1.29, 1.82) is 0 Å². The van der Waals surface area contributed by atoms with Gasteiger partial charge in [0.25, 0.3) is 0 Å². The van der Waals surface area contributed by atoms with Gasteiger partial charge in [-0.25, -0.2) is 0 Å². The molecule has 0 bridgehead atoms. The summed E-state index contributed by atoms with van der Waals surface area (Å²) in [6.45, 7) is 1.04. The highest BCUT2D eigenvalue weighted by molar-refractivity contribution is 7.99. The van der Waals surface area contributed by atoms with Crippen LogP contribution in [0.5, 0.6) is 0 Å². The Labute approximate surface area is 119 Å². The van der Waals surface area contributed by atoms with Crippen molar-refractivity contribution in [1.82, 2.24) is 4.90 Å². The molecule has 4 heteroatoms. The first-order valence-electron chi connectivity index (χ1n) is 6.46. The van der Waals surface area contributed by atoms with Crippen molar-refractivity contribution in [3.63, 3.8) is 0 Å². The molecule has 2 atom stereocenters. The van der Waals surface area contributed by atoms with E-state index in [1.54, 1.807) is 0 Å². The second-order valence-electron chi connectivity index (χ2n) is 4.91. The SMILES string of the molecule is CN(CCC(N)c1ccccc1Cl)C1CCSC1. The molecular formula is C14H21ClN2S. The summed E-state index contributed by atoms with van der Waals surface area (Å²) in [5.41, 5.74) is 7.29. The summed E-state index contributed by atoms with van der Waals surface area (Å²) in [6.07, 6.45) is 2.27. The summed E-state index contributed by atoms with van der Waals surface area (Å²) in [6, 6.07) is 8.65. The first-order valence-corrected chi connectivity index (χ1v) is 7.99. The fraction of sp³-hybridized carbons (Fsp3) is 0.571. The van der Waals surface area contributed by atoms with Crippen molar-refractivity contribution < 1.29 is 0 Å². The maximum absolute atomic E-state index is 6.23. The molecule has 1 saturated heterocycles. The number of rotatable bonds is 5. The molecule has 18 heavy (non-hydrogen) atoms. The lowest BCUT2D eigenvalue weighted by Crippen LogP contribution is -2.33. The number of hydrogen-bond donors (Lipinski definition) is 1. The van der Waals surface area contributed by atoms with Gasteiger partial charge in [-0.15, -0.1) is 0 Å². The van der Waals surface area contributed by atoms with Gasteiger partial charge >= 0.3 is 0 Å². The third kappa shape index (κ3) is 3.64. The number of thioether (sulfide) groups is 1. The standard InChI is InChI=1S/C14H21ClN2S/c1-17(11-7-9-18-10-11)8-6-14(16)12-4-2-3-5-13(12)15/h2-5,11,14H,6-10,16H2,1H3. The Morgan fingerprint density at radius 1 is 1.50 bits per heavy atom. The predicted molar refractivity (Wildman–Crippen MR) is 81.4 cm³/mol. The van der Waals surface area contributed by atoms with Crippen molar-refractivity contribution >= 4 is 23.4 Å². The molecule has 2 nitrogen and oxygen atoms in total. The molecular weight excluding hydrogens is 264 g/mol. The lowest BCUT2D eigenvalue weighted by atomic mass is 10.0. The molecule has 2 N–H and O–H groups in total. The van der Waals surface area contributed by atoms with Gasteiger partial charge in [0, 0.05) is 22.9 Å². The minimum Gasteiger partial charge on any atom is -0.324 e. The molecule has 1 aromatic carbocycles. The highest BCUT2D eigenvalue weighted by Gasteiger charge is 2.20. The van der Waals surface area contributed by atoms with Crippen LogP contribution in [-0.4, -0.2) is 36.0 Å². The number of nitrogens with two attached hydrogens (primary N) is 1. The minimum absolute atomic E-state index is 0.0372. The van der Waals surface area contributed by atoms with Gasteiger partial charge in [0.05, 0.1) is 0 Å². The molecule has 0 spiro atoms. The van der Waals surface area contributed by atoms with E-state index >= 15 is 0 Å². The molecule has 0 aromatic heterocycles. The molecule has 0 saturated carbocycles. The van der Waals surface area contributed by atoms with Gasteiger partial charge in [0.15, 0.2) is 0 Å². The zero-order valence-electron chi connectivity index (χ0n) is 10.8. The van der Waals surface area contributed by atoms with E-state index in [1.165, 1.54) is 17.9 Å². The van der Waals surface area contributed by atoms with Crippen LogP contribution in [0.2, 0.25) is 5.02 Å². The van der Waals surface area contributed by atoms with Crippen LogP contribution in [0.1, 0.15) is 24.4 Å². The van der Waals surface area contributed by atoms with Gasteiger partial charge in [0.1, 0.15) is 0 Å². The van der Waals surface area contributed by atoms with E-state index in [0.29, 0.717) is 0 Å². The monoisotopic (exact) mass is 284 g/mol. The van der Waals surface area contributed by atoms with E-state index in [9.17, 15) is 0 Å². The summed E-state index contributed by atoms with van der Waals surface area (Å²) in [7, 11) is 2.20. The fourth-order valence-electron chi connectivity index (χ4n) is 2.33. The molecule has 1 aromatic rings. The minimum atomic E-state index is 0.0372. The van der Waals surface area contributed by atoms with Crippen molar-refractivity contribution in [2.45, 2.75) is 24.9 Å². The first kappa shape index (κ1) is 14.2. The van der Waals surface area contributed by atoms with Gasteiger partial charge in [-0.1, -0.05) is 29.8 Å². The van der Waals surface area contributed by atoms with E-state index in [1.807, 2.05) is 36.0 Å². The highest BCUT2D eigenvalue weighted by Crippen LogP contribution is 2.25. The van der Waals surface area contributed by atoms with Crippen LogP contribution >= 0.6 is 23.4 Å². The summed E-state index contributed by atoms with van der Waals surface area (Å²) in [4.78, 5) is 2.44. The molecule has 0 radical (unpaired) electrons. The number of halogens is 1. The van der Waals surface area contributed by atoms with Crippen molar-refractivity contribution in [2.75, 3.05) is 25.1 Å². The average Bonchev–Trinajstić information content (AvgIpc) is 2.90. The zero-order valence-corrected chi connectivity index (χ0v) is 12.4. The van der Waals surface area contributed by atoms with Crippen molar-refractivity contribution in [2.24, 2.45) is 5.73 Å². The molecule has 2 rings (SSSR count). The smallest absolute Gasteiger partial charge is 0.0453 e. The Morgan fingerprint density at radius 3 is 2.94 bits per heavy atom. The van der Waals surface area contributed by atoms with Crippen LogP contribution in [0.25, 0.3) is 0 Å². The molecule has 1 fully saturated rings. The zero-order chi connectivity index (χ0) is 13.0. The van der Waals surface area contributed by atoms with Gasteiger partial charge in [-0.05, 0) is 43.8 Å². The molecule has 0 amide bonds. The van der Waals surface area contributed by atoms with E-state index in [2.05, 4.69) is 11.9 Å². The lowest BCUT2D eigenvalue weighted by molar-refractivity contribution is 0.253. The molecule has 1 aliphatic heterocycles. The molecule has 100 valence electrons. The van der Waals surface area contributed by atoms with Gasteiger partial charge in [-0.2, -0.15) is 11.8 Å². The van der Waals surface area contributed by atoms with E-state index in [4.69, 9.17) is 17.3 Å². The summed E-state index contributed by atoms with van der Waals surface area (Å²) < 4.78 is 0. The fourth-order valence-corrected chi connectivity index (χ4v) is 3.90. The molecule has 0 aliphatic carbocycles. The van der Waals surface area contributed by atoms with Crippen LogP contribution in [0.15, 0.2) is 24.3 Å². The summed E-state index contributed by atoms with van der Waals surface area (Å²) in [5.74, 6) is 2.56. The molecule has 1 heterocycles. The number of hydrogen-bond acceptors (Lipinski definition) is 3. The summed E-state index contributed by atoms with van der Waals surface area (Å²) >= 11 is 8.21. The van der Waals surface area contributed by atoms with Gasteiger partial charge in [0.2, 0.25) is 0 Å². The van der Waals surface area contributed by atoms with Crippen LogP contribution < -0.4 is 5.73 Å².